The van der Waals surface area contributed by atoms with Gasteiger partial charge < -0.3 is 10.2 Å². The summed E-state index contributed by atoms with van der Waals surface area (Å²) in [6.07, 6.45) is 3.97. The van der Waals surface area contributed by atoms with Crippen LogP contribution in [0.3, 0.4) is 0 Å². The van der Waals surface area contributed by atoms with Crippen molar-refractivity contribution in [1.82, 2.24) is 14.9 Å². The molecule has 0 unspecified atom stereocenters. The Morgan fingerprint density at radius 3 is 2.50 bits per heavy atom. The van der Waals surface area contributed by atoms with Gasteiger partial charge >= 0.3 is 0 Å². The van der Waals surface area contributed by atoms with Crippen LogP contribution in [0.2, 0.25) is 0 Å². The Balaban J connectivity index is 1.33. The van der Waals surface area contributed by atoms with Gasteiger partial charge in [0.1, 0.15) is 5.82 Å². The summed E-state index contributed by atoms with van der Waals surface area (Å²) in [6.45, 7) is 5.30. The minimum Gasteiger partial charge on any atom is -0.352 e. The average Bonchev–Trinajstić information content (AvgIpc) is 3.43. The molecular weight excluding hydrogens is 381 g/mol. The largest absolute Gasteiger partial charge is 0.352 e. The molecule has 1 aliphatic carbocycles. The van der Waals surface area contributed by atoms with E-state index in [0.717, 1.165) is 44.3 Å². The fourth-order valence-electron chi connectivity index (χ4n) is 3.63. The molecule has 1 saturated heterocycles. The van der Waals surface area contributed by atoms with Crippen LogP contribution in [-0.2, 0) is 10.0 Å². The van der Waals surface area contributed by atoms with Crippen molar-refractivity contribution in [3.8, 4) is 0 Å². The first-order valence-corrected chi connectivity index (χ1v) is 11.7. The summed E-state index contributed by atoms with van der Waals surface area (Å²) in [6, 6.07) is 4.35. The van der Waals surface area contributed by atoms with E-state index in [0.29, 0.717) is 37.0 Å². The highest BCUT2D eigenvalue weighted by atomic mass is 32.2. The molecule has 1 amide bonds. The molecule has 0 radical (unpaired) electrons. The van der Waals surface area contributed by atoms with Crippen LogP contribution < -0.4 is 10.0 Å². The van der Waals surface area contributed by atoms with Gasteiger partial charge in [0.25, 0.3) is 5.91 Å². The van der Waals surface area contributed by atoms with Crippen molar-refractivity contribution >= 4 is 15.9 Å². The fourth-order valence-corrected chi connectivity index (χ4v) is 5.11. The van der Waals surface area contributed by atoms with E-state index in [2.05, 4.69) is 14.9 Å². The summed E-state index contributed by atoms with van der Waals surface area (Å²) in [5, 5.41) is 2.91. The van der Waals surface area contributed by atoms with E-state index in [1.54, 1.807) is 13.0 Å². The normalized spacial score (nSPS) is 18.9. The third kappa shape index (κ3) is 6.83. The van der Waals surface area contributed by atoms with Gasteiger partial charge in [-0.3, -0.25) is 4.79 Å². The zero-order valence-corrected chi connectivity index (χ0v) is 17.2. The Morgan fingerprint density at radius 2 is 1.86 bits per heavy atom. The fraction of sp³-hybridized carbons (Fsp3) is 0.650. The second-order valence-corrected chi connectivity index (χ2v) is 9.98. The number of rotatable bonds is 9. The highest BCUT2D eigenvalue weighted by Gasteiger charge is 2.28. The number of benzene rings is 1. The monoisotopic (exact) mass is 411 g/mol. The lowest BCUT2D eigenvalue weighted by Gasteiger charge is -2.32. The molecule has 28 heavy (non-hydrogen) atoms. The van der Waals surface area contributed by atoms with Gasteiger partial charge in [-0.1, -0.05) is 0 Å². The van der Waals surface area contributed by atoms with Crippen LogP contribution in [0, 0.1) is 24.6 Å². The molecule has 0 aromatic heterocycles. The maximum Gasteiger partial charge on any atom is 0.251 e. The van der Waals surface area contributed by atoms with Gasteiger partial charge in [0, 0.05) is 25.2 Å². The molecule has 1 aliphatic heterocycles. The van der Waals surface area contributed by atoms with Gasteiger partial charge in [-0.05, 0) is 81.3 Å². The minimum atomic E-state index is -3.13. The second-order valence-electron chi connectivity index (χ2n) is 8.13. The molecule has 2 fully saturated rings. The smallest absolute Gasteiger partial charge is 0.251 e. The predicted molar refractivity (Wildman–Crippen MR) is 107 cm³/mol. The number of carbonyl (C=O) groups excluding carboxylic acids is 1. The molecule has 1 aromatic rings. The lowest BCUT2D eigenvalue weighted by atomic mass is 9.96. The summed E-state index contributed by atoms with van der Waals surface area (Å²) in [7, 11) is -3.13. The van der Waals surface area contributed by atoms with Crippen molar-refractivity contribution in [2.75, 3.05) is 38.5 Å². The molecule has 1 saturated carbocycles. The summed E-state index contributed by atoms with van der Waals surface area (Å²) in [5.41, 5.74) is 1.08. The number of hydrogen-bond donors (Lipinski definition) is 2. The number of aryl methyl sites for hydroxylation is 1. The Hall–Kier alpha value is -1.51. The standard InChI is InChI=1S/C20H30FN3O3S/c1-15-10-18(12-19(21)11-15)20(25)22-13-16-4-7-24(8-5-16)9-6-23-28(26,27)14-17-2-3-17/h10-12,16-17,23H,2-9,13-14H2,1H3,(H,22,25). The van der Waals surface area contributed by atoms with Crippen molar-refractivity contribution in [2.24, 2.45) is 11.8 Å². The van der Waals surface area contributed by atoms with Crippen LogP contribution >= 0.6 is 0 Å². The van der Waals surface area contributed by atoms with E-state index < -0.39 is 15.8 Å². The first-order valence-electron chi connectivity index (χ1n) is 10.1. The van der Waals surface area contributed by atoms with E-state index in [1.807, 2.05) is 0 Å². The quantitative estimate of drug-likeness (QED) is 0.651. The third-order valence-electron chi connectivity index (χ3n) is 5.46. The molecule has 0 bridgehead atoms. The van der Waals surface area contributed by atoms with Crippen molar-refractivity contribution in [3.05, 3.63) is 35.1 Å². The molecule has 1 aromatic carbocycles. The maximum absolute atomic E-state index is 13.4. The Labute approximate surface area is 166 Å². The Bertz CT molecular complexity index is 768. The van der Waals surface area contributed by atoms with Gasteiger partial charge in [0.15, 0.2) is 0 Å². The predicted octanol–water partition coefficient (Wildman–Crippen LogP) is 1.91. The Kier molecular flexibility index (Phi) is 7.06. The summed E-state index contributed by atoms with van der Waals surface area (Å²) in [4.78, 5) is 14.5. The lowest BCUT2D eigenvalue weighted by Crippen LogP contribution is -2.42. The van der Waals surface area contributed by atoms with Gasteiger partial charge in [0.05, 0.1) is 5.75 Å². The number of likely N-dealkylation sites (tertiary alicyclic amines) is 1. The molecule has 2 aliphatic rings. The van der Waals surface area contributed by atoms with E-state index >= 15 is 0 Å². The second kappa shape index (κ2) is 9.33. The van der Waals surface area contributed by atoms with E-state index in [-0.39, 0.29) is 11.7 Å². The van der Waals surface area contributed by atoms with Crippen molar-refractivity contribution in [3.63, 3.8) is 0 Å². The number of halogens is 1. The van der Waals surface area contributed by atoms with Crippen molar-refractivity contribution in [2.45, 2.75) is 32.6 Å². The first kappa shape index (κ1) is 21.2. The van der Waals surface area contributed by atoms with Gasteiger partial charge in [-0.25, -0.2) is 17.5 Å². The molecule has 156 valence electrons. The molecule has 2 N–H and O–H groups in total. The van der Waals surface area contributed by atoms with Crippen LogP contribution in [0.25, 0.3) is 0 Å². The topological polar surface area (TPSA) is 78.5 Å². The van der Waals surface area contributed by atoms with Gasteiger partial charge in [-0.15, -0.1) is 0 Å². The number of sulfonamides is 1. The molecule has 3 rings (SSSR count). The minimum absolute atomic E-state index is 0.241. The number of hydrogen-bond acceptors (Lipinski definition) is 4. The zero-order chi connectivity index (χ0) is 20.1. The van der Waals surface area contributed by atoms with Crippen LogP contribution in [0.1, 0.15) is 41.6 Å². The highest BCUT2D eigenvalue weighted by Crippen LogP contribution is 2.29. The maximum atomic E-state index is 13.4. The Morgan fingerprint density at radius 1 is 1.14 bits per heavy atom. The van der Waals surface area contributed by atoms with Crippen molar-refractivity contribution < 1.29 is 17.6 Å². The number of nitrogens with one attached hydrogen (secondary N) is 2. The number of amides is 1. The van der Waals surface area contributed by atoms with Crippen LogP contribution in [0.15, 0.2) is 18.2 Å². The molecule has 6 nitrogen and oxygen atoms in total. The lowest BCUT2D eigenvalue weighted by molar-refractivity contribution is 0.0936. The summed E-state index contributed by atoms with van der Waals surface area (Å²) < 4.78 is 39.9. The molecule has 8 heteroatoms. The number of carbonyl (C=O) groups is 1. The average molecular weight is 412 g/mol. The van der Waals surface area contributed by atoms with Gasteiger partial charge in [-0.2, -0.15) is 0 Å². The third-order valence-corrected chi connectivity index (χ3v) is 7.02. The SMILES string of the molecule is Cc1cc(F)cc(C(=O)NCC2CCN(CCNS(=O)(=O)CC3CC3)CC2)c1. The number of nitrogens with zero attached hydrogens (tertiary/aromatic N) is 1. The summed E-state index contributed by atoms with van der Waals surface area (Å²) >= 11 is 0. The van der Waals surface area contributed by atoms with Crippen LogP contribution in [0.5, 0.6) is 0 Å². The molecule has 0 spiro atoms. The van der Waals surface area contributed by atoms with E-state index in [1.165, 1.54) is 12.1 Å². The van der Waals surface area contributed by atoms with E-state index in [9.17, 15) is 17.6 Å². The van der Waals surface area contributed by atoms with E-state index in [4.69, 9.17) is 0 Å². The van der Waals surface area contributed by atoms with Crippen LogP contribution in [0.4, 0.5) is 4.39 Å². The van der Waals surface area contributed by atoms with Crippen molar-refractivity contribution in [1.29, 1.82) is 0 Å². The molecule has 1 heterocycles. The molecule has 0 atom stereocenters. The zero-order valence-electron chi connectivity index (χ0n) is 16.4. The number of piperidine rings is 1. The van der Waals surface area contributed by atoms with Gasteiger partial charge in [0.2, 0.25) is 10.0 Å². The van der Waals surface area contributed by atoms with Crippen LogP contribution in [-0.4, -0.2) is 57.7 Å². The summed E-state index contributed by atoms with van der Waals surface area (Å²) in [5.74, 6) is 0.377. The first-order chi connectivity index (χ1) is 13.3. The highest BCUT2D eigenvalue weighted by molar-refractivity contribution is 7.89. The molecular formula is C20H30FN3O3S.